The summed E-state index contributed by atoms with van der Waals surface area (Å²) in [7, 11) is 2.90. The monoisotopic (exact) mass is 442 g/mol. The van der Waals surface area contributed by atoms with Gasteiger partial charge in [-0.15, -0.1) is 0 Å². The molecule has 0 aliphatic carbocycles. The normalized spacial score (nSPS) is 9.71. The van der Waals surface area contributed by atoms with E-state index in [0.29, 0.717) is 0 Å². The van der Waals surface area contributed by atoms with E-state index in [0.717, 1.165) is 9.79 Å². The Kier molecular flexibility index (Phi) is 7.96. The Hall–Kier alpha value is -0.349. The van der Waals surface area contributed by atoms with Gasteiger partial charge in [-0.25, -0.2) is 0 Å². The van der Waals surface area contributed by atoms with E-state index >= 15 is 0 Å². The number of aromatic carboxylic acids is 2. The molecule has 0 spiro atoms. The first-order chi connectivity index (χ1) is 9.56. The first kappa shape index (κ1) is 18.7. The van der Waals surface area contributed by atoms with Crippen LogP contribution in [0.3, 0.4) is 0 Å². The summed E-state index contributed by atoms with van der Waals surface area (Å²) in [6.45, 7) is 0. The Balaban J connectivity index is 0.00000220. The van der Waals surface area contributed by atoms with Gasteiger partial charge in [-0.1, -0.05) is 45.9 Å². The second-order valence-corrected chi connectivity index (χ2v) is 6.07. The predicted octanol–water partition coefficient (Wildman–Crippen LogP) is 0.832. The van der Waals surface area contributed by atoms with Crippen LogP contribution in [0.5, 0.6) is 0 Å². The van der Waals surface area contributed by atoms with Gasteiger partial charge in [0.05, 0.1) is 11.9 Å². The molecular weight excluding hydrogens is 434 g/mol. The standard InChI is InChI=1S/C14H10O4S2.Ba/c15-13(16)9-1-5-11(6-2-9)19-20-12-7-3-10(4-8-12)14(17)18;/h1-8H,(H,15,16)(H,17,18);/q;+2/p-2. The zero-order chi connectivity index (χ0) is 14.5. The van der Waals surface area contributed by atoms with Gasteiger partial charge in [-0.3, -0.25) is 0 Å². The van der Waals surface area contributed by atoms with Crippen LogP contribution in [0, 0.1) is 0 Å². The van der Waals surface area contributed by atoms with Crippen LogP contribution in [0.2, 0.25) is 0 Å². The quantitative estimate of drug-likeness (QED) is 0.505. The van der Waals surface area contributed by atoms with E-state index in [4.69, 9.17) is 0 Å². The molecule has 0 aromatic heterocycles. The number of carboxylic acid groups (broad SMARTS) is 2. The van der Waals surface area contributed by atoms with Gasteiger partial charge in [-0.2, -0.15) is 0 Å². The van der Waals surface area contributed by atoms with Crippen LogP contribution in [0.1, 0.15) is 20.7 Å². The molecule has 0 aliphatic rings. The summed E-state index contributed by atoms with van der Waals surface area (Å²) < 4.78 is 0. The van der Waals surface area contributed by atoms with Gasteiger partial charge >= 0.3 is 48.9 Å². The van der Waals surface area contributed by atoms with E-state index in [9.17, 15) is 19.8 Å². The van der Waals surface area contributed by atoms with Crippen LogP contribution in [-0.2, 0) is 0 Å². The molecule has 0 aliphatic heterocycles. The maximum atomic E-state index is 10.6. The van der Waals surface area contributed by atoms with Crippen LogP contribution >= 0.6 is 21.6 Å². The van der Waals surface area contributed by atoms with Gasteiger partial charge in [0.2, 0.25) is 0 Å². The van der Waals surface area contributed by atoms with Gasteiger partial charge in [0, 0.05) is 9.79 Å². The minimum absolute atomic E-state index is 0. The number of carbonyl (C=O) groups is 2. The SMILES string of the molecule is O=C([O-])c1ccc(SSc2ccc(C(=O)[O-])cc2)cc1.[Ba+2]. The summed E-state index contributed by atoms with van der Waals surface area (Å²) in [5, 5.41) is 21.2. The van der Waals surface area contributed by atoms with E-state index in [1.54, 1.807) is 24.3 Å². The number of carbonyl (C=O) groups excluding carboxylic acids is 2. The van der Waals surface area contributed by atoms with Crippen molar-refractivity contribution in [2.75, 3.05) is 0 Å². The van der Waals surface area contributed by atoms with E-state index < -0.39 is 11.9 Å². The van der Waals surface area contributed by atoms with E-state index in [-0.39, 0.29) is 60.0 Å². The van der Waals surface area contributed by atoms with E-state index in [1.807, 2.05) is 0 Å². The fraction of sp³-hybridized carbons (Fsp3) is 0. The summed E-state index contributed by atoms with van der Waals surface area (Å²) in [5.41, 5.74) is 0.273. The molecule has 0 saturated carbocycles. The molecule has 4 nitrogen and oxygen atoms in total. The molecule has 0 radical (unpaired) electrons. The molecule has 102 valence electrons. The third-order valence-corrected chi connectivity index (χ3v) is 4.83. The van der Waals surface area contributed by atoms with Crippen molar-refractivity contribution >= 4 is 82.4 Å². The number of hydrogen-bond donors (Lipinski definition) is 0. The van der Waals surface area contributed by atoms with Crippen molar-refractivity contribution < 1.29 is 19.8 Å². The Labute approximate surface area is 169 Å². The summed E-state index contributed by atoms with van der Waals surface area (Å²) >= 11 is 0. The number of hydrogen-bond acceptors (Lipinski definition) is 6. The molecular formula is C14H8BaO4S2. The summed E-state index contributed by atoms with van der Waals surface area (Å²) in [6.07, 6.45) is 0. The molecule has 0 saturated heterocycles. The Bertz CT molecular complexity index is 569. The fourth-order valence-electron chi connectivity index (χ4n) is 1.39. The smallest absolute Gasteiger partial charge is 0.545 e. The van der Waals surface area contributed by atoms with Crippen LogP contribution in [0.15, 0.2) is 58.3 Å². The zero-order valence-corrected chi connectivity index (χ0v) is 16.8. The van der Waals surface area contributed by atoms with Crippen molar-refractivity contribution in [3.8, 4) is 0 Å². The summed E-state index contributed by atoms with van der Waals surface area (Å²) in [6, 6.07) is 12.7. The molecule has 2 aromatic carbocycles. The average Bonchev–Trinajstić information content (AvgIpc) is 2.46. The Morgan fingerprint density at radius 3 is 1.19 bits per heavy atom. The van der Waals surface area contributed by atoms with E-state index in [1.165, 1.54) is 45.9 Å². The third-order valence-electron chi connectivity index (χ3n) is 2.41. The van der Waals surface area contributed by atoms with Crippen LogP contribution in [-0.4, -0.2) is 60.8 Å². The minimum Gasteiger partial charge on any atom is -0.545 e. The molecule has 2 aromatic rings. The number of carboxylic acids is 2. The van der Waals surface area contributed by atoms with Gasteiger partial charge in [-0.05, 0) is 35.4 Å². The number of rotatable bonds is 5. The molecule has 0 amide bonds. The number of benzene rings is 2. The zero-order valence-electron chi connectivity index (χ0n) is 10.8. The average molecular weight is 442 g/mol. The Morgan fingerprint density at radius 1 is 0.667 bits per heavy atom. The second-order valence-electron chi connectivity index (χ2n) is 3.79. The van der Waals surface area contributed by atoms with Crippen LogP contribution in [0.4, 0.5) is 0 Å². The molecule has 0 N–H and O–H groups in total. The van der Waals surface area contributed by atoms with Crippen molar-refractivity contribution in [2.45, 2.75) is 9.79 Å². The fourth-order valence-corrected chi connectivity index (χ4v) is 3.32. The molecule has 21 heavy (non-hydrogen) atoms. The third kappa shape index (κ3) is 5.74. The maximum absolute atomic E-state index is 10.6. The molecule has 0 atom stereocenters. The summed E-state index contributed by atoms with van der Waals surface area (Å²) in [4.78, 5) is 23.0. The summed E-state index contributed by atoms with van der Waals surface area (Å²) in [5.74, 6) is -2.40. The largest absolute Gasteiger partial charge is 2.00 e. The molecule has 2 rings (SSSR count). The van der Waals surface area contributed by atoms with Gasteiger partial charge < -0.3 is 19.8 Å². The van der Waals surface area contributed by atoms with Crippen LogP contribution < -0.4 is 10.2 Å². The molecule has 0 fully saturated rings. The first-order valence-corrected chi connectivity index (χ1v) is 7.68. The Morgan fingerprint density at radius 2 is 0.952 bits per heavy atom. The van der Waals surface area contributed by atoms with Crippen molar-refractivity contribution in [3.05, 3.63) is 59.7 Å². The molecule has 7 heteroatoms. The second kappa shape index (κ2) is 8.94. The van der Waals surface area contributed by atoms with Crippen molar-refractivity contribution in [1.29, 1.82) is 0 Å². The van der Waals surface area contributed by atoms with E-state index in [2.05, 4.69) is 0 Å². The van der Waals surface area contributed by atoms with Crippen molar-refractivity contribution in [2.24, 2.45) is 0 Å². The van der Waals surface area contributed by atoms with Crippen molar-refractivity contribution in [1.82, 2.24) is 0 Å². The predicted molar refractivity (Wildman–Crippen MR) is 79.0 cm³/mol. The maximum Gasteiger partial charge on any atom is 2.00 e. The van der Waals surface area contributed by atoms with Crippen LogP contribution in [0.25, 0.3) is 0 Å². The van der Waals surface area contributed by atoms with Gasteiger partial charge in [0.15, 0.2) is 0 Å². The molecule has 0 unspecified atom stereocenters. The minimum atomic E-state index is -1.20. The van der Waals surface area contributed by atoms with Gasteiger partial charge in [0.25, 0.3) is 0 Å². The van der Waals surface area contributed by atoms with Gasteiger partial charge in [0.1, 0.15) is 0 Å². The first-order valence-electron chi connectivity index (χ1n) is 5.53. The molecule has 0 bridgehead atoms. The van der Waals surface area contributed by atoms with Crippen molar-refractivity contribution in [3.63, 3.8) is 0 Å². The topological polar surface area (TPSA) is 80.3 Å². The molecule has 0 heterocycles.